The molecule has 0 aliphatic rings. The van der Waals surface area contributed by atoms with E-state index in [1.165, 1.54) is 26.3 Å². The number of benzene rings is 3. The topological polar surface area (TPSA) is 152 Å². The molecule has 4 rings (SSSR count). The Morgan fingerprint density at radius 3 is 2.02 bits per heavy atom. The molecule has 0 saturated carbocycles. The fourth-order valence-electron chi connectivity index (χ4n) is 4.52. The maximum absolute atomic E-state index is 13.1. The summed E-state index contributed by atoms with van der Waals surface area (Å²) in [5.74, 6) is -1.41. The van der Waals surface area contributed by atoms with E-state index in [-0.39, 0.29) is 16.6 Å². The van der Waals surface area contributed by atoms with Crippen molar-refractivity contribution in [2.24, 2.45) is 5.92 Å². The number of methoxy groups -OCH3 is 1. The van der Waals surface area contributed by atoms with E-state index in [2.05, 4.69) is 10.0 Å². The van der Waals surface area contributed by atoms with Crippen LogP contribution in [0.1, 0.15) is 30.0 Å². The number of esters is 1. The molecule has 0 unspecified atom stereocenters. The molecular weight excluding hydrogens is 594 g/mol. The highest BCUT2D eigenvalue weighted by molar-refractivity contribution is 7.92. The smallest absolute Gasteiger partial charge is 0.324 e. The van der Waals surface area contributed by atoms with E-state index < -0.39 is 38.0 Å². The molecule has 43 heavy (non-hydrogen) atoms. The third kappa shape index (κ3) is 6.74. The molecule has 3 aromatic carbocycles. The van der Waals surface area contributed by atoms with Crippen molar-refractivity contribution >= 4 is 54.3 Å². The van der Waals surface area contributed by atoms with Gasteiger partial charge in [-0.05, 0) is 60.4 Å². The molecule has 4 aromatic rings. The number of hydrogen-bond donors (Lipinski definition) is 2. The van der Waals surface area contributed by atoms with Crippen LogP contribution in [0.2, 0.25) is 0 Å². The van der Waals surface area contributed by atoms with Crippen molar-refractivity contribution in [3.05, 3.63) is 78.1 Å². The minimum atomic E-state index is -3.97. The van der Waals surface area contributed by atoms with Gasteiger partial charge in [-0.25, -0.2) is 16.8 Å². The number of amides is 1. The van der Waals surface area contributed by atoms with Crippen molar-refractivity contribution in [1.29, 1.82) is 0 Å². The first-order valence-electron chi connectivity index (χ1n) is 13.2. The van der Waals surface area contributed by atoms with E-state index >= 15 is 0 Å². The fraction of sp³-hybridized carbons (Fsp3) is 0.267. The van der Waals surface area contributed by atoms with Gasteiger partial charge in [0.2, 0.25) is 20.0 Å². The van der Waals surface area contributed by atoms with Gasteiger partial charge in [0.05, 0.1) is 23.9 Å². The Labute approximate surface area is 250 Å². The van der Waals surface area contributed by atoms with Crippen LogP contribution in [0.3, 0.4) is 0 Å². The lowest BCUT2D eigenvalue weighted by Gasteiger charge is -2.19. The van der Waals surface area contributed by atoms with Gasteiger partial charge in [-0.1, -0.05) is 44.2 Å². The average molecular weight is 628 g/mol. The lowest BCUT2D eigenvalue weighted by Crippen LogP contribution is -2.44. The van der Waals surface area contributed by atoms with Gasteiger partial charge in [0.15, 0.2) is 5.76 Å². The molecule has 0 bridgehead atoms. The average Bonchev–Trinajstić information content (AvgIpc) is 3.31. The molecule has 0 fully saturated rings. The Balaban J connectivity index is 1.51. The fourth-order valence-corrected chi connectivity index (χ4v) is 6.36. The molecule has 11 nitrogen and oxygen atoms in total. The summed E-state index contributed by atoms with van der Waals surface area (Å²) in [6, 6.07) is 17.1. The van der Waals surface area contributed by atoms with Crippen molar-refractivity contribution in [2.45, 2.75) is 31.7 Å². The molecule has 1 heterocycles. The maximum atomic E-state index is 13.1. The highest BCUT2D eigenvalue weighted by Crippen LogP contribution is 2.34. The Bertz CT molecular complexity index is 1880. The van der Waals surface area contributed by atoms with Crippen molar-refractivity contribution in [3.63, 3.8) is 0 Å². The summed E-state index contributed by atoms with van der Waals surface area (Å²) in [7, 11) is -4.86. The van der Waals surface area contributed by atoms with E-state index in [1.807, 2.05) is 0 Å². The van der Waals surface area contributed by atoms with Crippen LogP contribution >= 0.6 is 0 Å². The van der Waals surface area contributed by atoms with Crippen LogP contribution < -0.4 is 14.3 Å². The lowest BCUT2D eigenvalue weighted by atomic mass is 10.1. The Morgan fingerprint density at radius 1 is 0.907 bits per heavy atom. The molecule has 0 spiro atoms. The van der Waals surface area contributed by atoms with Crippen LogP contribution in [0, 0.1) is 12.8 Å². The molecule has 13 heteroatoms. The summed E-state index contributed by atoms with van der Waals surface area (Å²) in [5.41, 5.74) is 3.30. The van der Waals surface area contributed by atoms with E-state index in [4.69, 9.17) is 9.15 Å². The number of ether oxygens (including phenoxy) is 1. The third-order valence-electron chi connectivity index (χ3n) is 7.02. The highest BCUT2D eigenvalue weighted by Gasteiger charge is 2.29. The molecule has 2 N–H and O–H groups in total. The molecule has 0 aliphatic carbocycles. The minimum Gasteiger partial charge on any atom is -0.468 e. The van der Waals surface area contributed by atoms with Gasteiger partial charge in [-0.3, -0.25) is 13.9 Å². The number of anilines is 2. The first-order valence-corrected chi connectivity index (χ1v) is 16.5. The summed E-state index contributed by atoms with van der Waals surface area (Å²) in [5, 5.41) is 3.33. The summed E-state index contributed by atoms with van der Waals surface area (Å²) in [4.78, 5) is 25.1. The van der Waals surface area contributed by atoms with Gasteiger partial charge in [-0.15, -0.1) is 0 Å². The van der Waals surface area contributed by atoms with Crippen LogP contribution in [0.4, 0.5) is 11.4 Å². The summed E-state index contributed by atoms with van der Waals surface area (Å²) < 4.78 is 64.0. The number of carbonyl (C=O) groups excluding carboxylic acids is 2. The number of sulfonamides is 2. The normalized spacial score (nSPS) is 12.7. The largest absolute Gasteiger partial charge is 0.468 e. The van der Waals surface area contributed by atoms with Crippen molar-refractivity contribution in [3.8, 4) is 11.1 Å². The van der Waals surface area contributed by atoms with Gasteiger partial charge in [0, 0.05) is 23.7 Å². The first-order chi connectivity index (χ1) is 20.1. The van der Waals surface area contributed by atoms with Crippen LogP contribution in [-0.4, -0.2) is 55.2 Å². The number of fused-ring (bicyclic) bond motifs is 1. The number of carbonyl (C=O) groups is 2. The van der Waals surface area contributed by atoms with Crippen molar-refractivity contribution < 1.29 is 35.6 Å². The monoisotopic (exact) mass is 627 g/mol. The first kappa shape index (κ1) is 31.7. The SMILES string of the molecule is COC(=O)[C@@H](NS(=O)(=O)c1ccc(-c2ccc(NC(=O)c3oc4cccc(N(C)S(C)(=O)=O)c4c3C)cc2)cc1)C(C)C. The molecule has 1 atom stereocenters. The van der Waals surface area contributed by atoms with E-state index in [1.54, 1.807) is 75.4 Å². The molecule has 228 valence electrons. The van der Waals surface area contributed by atoms with Crippen molar-refractivity contribution in [2.75, 3.05) is 30.0 Å². The predicted molar refractivity (Wildman–Crippen MR) is 165 cm³/mol. The van der Waals surface area contributed by atoms with Gasteiger partial charge in [-0.2, -0.15) is 4.72 Å². The second kappa shape index (κ2) is 12.2. The molecule has 1 amide bonds. The Kier molecular flexibility index (Phi) is 9.00. The number of aryl methyl sites for hydroxylation is 1. The lowest BCUT2D eigenvalue weighted by molar-refractivity contribution is -0.143. The van der Waals surface area contributed by atoms with Gasteiger partial charge >= 0.3 is 5.97 Å². The second-order valence-corrected chi connectivity index (χ2v) is 14.1. The zero-order chi connectivity index (χ0) is 31.7. The third-order valence-corrected chi connectivity index (χ3v) is 9.67. The van der Waals surface area contributed by atoms with Crippen LogP contribution in [0.25, 0.3) is 22.1 Å². The van der Waals surface area contributed by atoms with Gasteiger partial charge in [0.25, 0.3) is 5.91 Å². The second-order valence-electron chi connectivity index (χ2n) is 10.4. The van der Waals surface area contributed by atoms with Crippen LogP contribution in [0.15, 0.2) is 76.0 Å². The van der Waals surface area contributed by atoms with E-state index in [0.717, 1.165) is 21.7 Å². The zero-order valence-electron chi connectivity index (χ0n) is 24.5. The molecule has 0 saturated heterocycles. The number of hydrogen-bond acceptors (Lipinski definition) is 8. The Hall–Kier alpha value is -4.20. The quantitative estimate of drug-likeness (QED) is 0.243. The molecule has 0 radical (unpaired) electrons. The number of nitrogens with zero attached hydrogens (tertiary/aromatic N) is 1. The van der Waals surface area contributed by atoms with Crippen molar-refractivity contribution in [1.82, 2.24) is 4.72 Å². The van der Waals surface area contributed by atoms with Gasteiger partial charge in [0.1, 0.15) is 11.6 Å². The zero-order valence-corrected chi connectivity index (χ0v) is 26.2. The Morgan fingerprint density at radius 2 is 1.49 bits per heavy atom. The summed E-state index contributed by atoms with van der Waals surface area (Å²) in [6.07, 6.45) is 1.10. The van der Waals surface area contributed by atoms with Crippen LogP contribution in [0.5, 0.6) is 0 Å². The van der Waals surface area contributed by atoms with Crippen LogP contribution in [-0.2, 0) is 29.6 Å². The summed E-state index contributed by atoms with van der Waals surface area (Å²) in [6.45, 7) is 5.13. The van der Waals surface area contributed by atoms with E-state index in [9.17, 15) is 26.4 Å². The standard InChI is InChI=1S/C30H33N3O8S2/c1-18(2)27(30(35)40-5)32-43(38,39)23-16-12-21(13-17-23)20-10-14-22(15-11-20)31-29(34)28-19(3)26-24(33(4)42(6,36)37)8-7-9-25(26)41-28/h7-18,27,32H,1-6H3,(H,31,34)/t27-/m0/s1. The maximum Gasteiger partial charge on any atom is 0.324 e. The minimum absolute atomic E-state index is 0.00165. The molecule has 0 aliphatic heterocycles. The number of furan rings is 1. The molecule has 1 aromatic heterocycles. The predicted octanol–water partition coefficient (Wildman–Crippen LogP) is 4.53. The number of rotatable bonds is 10. The number of nitrogens with one attached hydrogen (secondary N) is 2. The summed E-state index contributed by atoms with van der Waals surface area (Å²) >= 11 is 0. The van der Waals surface area contributed by atoms with E-state index in [0.29, 0.717) is 27.9 Å². The highest BCUT2D eigenvalue weighted by atomic mass is 32.2. The van der Waals surface area contributed by atoms with Gasteiger partial charge < -0.3 is 14.5 Å². The molecular formula is C30H33N3O8S2.